The summed E-state index contributed by atoms with van der Waals surface area (Å²) in [5, 5.41) is 2.69. The molecule has 0 aliphatic rings. The van der Waals surface area contributed by atoms with Crippen molar-refractivity contribution in [2.75, 3.05) is 16.8 Å². The lowest BCUT2D eigenvalue weighted by atomic mass is 10.2. The van der Waals surface area contributed by atoms with E-state index in [-0.39, 0.29) is 11.7 Å². The Morgan fingerprint density at radius 2 is 1.95 bits per heavy atom. The van der Waals surface area contributed by atoms with Crippen LogP contribution in [0.3, 0.4) is 0 Å². The zero-order valence-corrected chi connectivity index (χ0v) is 11.9. The fourth-order valence-corrected chi connectivity index (χ4v) is 2.95. The van der Waals surface area contributed by atoms with E-state index in [1.54, 1.807) is 30.3 Å². The zero-order valence-electron chi connectivity index (χ0n) is 11.1. The summed E-state index contributed by atoms with van der Waals surface area (Å²) in [6.45, 7) is 1.88. The molecule has 0 radical (unpaired) electrons. The number of amides is 1. The van der Waals surface area contributed by atoms with Crippen molar-refractivity contribution in [1.29, 1.82) is 0 Å². The molecule has 0 fully saturated rings. The Morgan fingerprint density at radius 3 is 2.65 bits per heavy atom. The van der Waals surface area contributed by atoms with Crippen LogP contribution in [0.1, 0.15) is 5.56 Å². The van der Waals surface area contributed by atoms with Gasteiger partial charge in [0.05, 0.1) is 10.8 Å². The van der Waals surface area contributed by atoms with E-state index in [2.05, 4.69) is 5.32 Å². The van der Waals surface area contributed by atoms with Gasteiger partial charge in [0, 0.05) is 16.3 Å². The van der Waals surface area contributed by atoms with Crippen LogP contribution >= 0.6 is 0 Å². The van der Waals surface area contributed by atoms with Crippen LogP contribution < -0.4 is 11.1 Å². The van der Waals surface area contributed by atoms with Crippen LogP contribution in [0, 0.1) is 6.92 Å². The molecule has 5 heteroatoms. The van der Waals surface area contributed by atoms with E-state index in [9.17, 15) is 9.00 Å². The predicted molar refractivity (Wildman–Crippen MR) is 81.9 cm³/mol. The number of carbonyl (C=O) groups is 1. The average Bonchev–Trinajstić information content (AvgIpc) is 2.38. The van der Waals surface area contributed by atoms with Crippen LogP contribution in [0.25, 0.3) is 0 Å². The number of nitrogens with one attached hydrogen (secondary N) is 1. The first-order chi connectivity index (χ1) is 9.56. The number of hydrogen-bond donors (Lipinski definition) is 2. The Bertz CT molecular complexity index is 656. The quantitative estimate of drug-likeness (QED) is 0.848. The molecule has 1 atom stereocenters. The molecule has 0 saturated heterocycles. The van der Waals surface area contributed by atoms with Crippen molar-refractivity contribution < 1.29 is 9.00 Å². The van der Waals surface area contributed by atoms with Crippen molar-refractivity contribution in [2.24, 2.45) is 0 Å². The molecule has 0 heterocycles. The van der Waals surface area contributed by atoms with E-state index in [4.69, 9.17) is 5.73 Å². The molecule has 0 aliphatic heterocycles. The van der Waals surface area contributed by atoms with Gasteiger partial charge in [0.1, 0.15) is 5.75 Å². The van der Waals surface area contributed by atoms with E-state index in [1.165, 1.54) is 0 Å². The highest BCUT2D eigenvalue weighted by Crippen LogP contribution is 2.14. The second kappa shape index (κ2) is 6.34. The molecule has 0 bridgehead atoms. The summed E-state index contributed by atoms with van der Waals surface area (Å²) in [6, 6.07) is 14.2. The largest absolute Gasteiger partial charge is 0.399 e. The molecule has 0 saturated carbocycles. The van der Waals surface area contributed by atoms with Crippen LogP contribution in [-0.2, 0) is 15.6 Å². The van der Waals surface area contributed by atoms with Gasteiger partial charge in [0.2, 0.25) is 5.91 Å². The summed E-state index contributed by atoms with van der Waals surface area (Å²) in [6.07, 6.45) is 0. The van der Waals surface area contributed by atoms with Crippen molar-refractivity contribution in [3.8, 4) is 0 Å². The molecule has 2 aromatic carbocycles. The minimum absolute atomic E-state index is 0.0698. The van der Waals surface area contributed by atoms with Crippen LogP contribution in [-0.4, -0.2) is 15.9 Å². The molecule has 0 aliphatic carbocycles. The summed E-state index contributed by atoms with van der Waals surface area (Å²) in [5.74, 6) is -0.364. The van der Waals surface area contributed by atoms with Crippen LogP contribution in [0.5, 0.6) is 0 Å². The molecule has 104 valence electrons. The van der Waals surface area contributed by atoms with Gasteiger partial charge in [-0.2, -0.15) is 0 Å². The van der Waals surface area contributed by atoms with Crippen molar-refractivity contribution >= 4 is 28.1 Å². The highest BCUT2D eigenvalue weighted by molar-refractivity contribution is 7.85. The molecule has 4 nitrogen and oxygen atoms in total. The first-order valence-electron chi connectivity index (χ1n) is 6.15. The van der Waals surface area contributed by atoms with Gasteiger partial charge in [0.15, 0.2) is 0 Å². The Hall–Kier alpha value is -2.14. The minimum Gasteiger partial charge on any atom is -0.399 e. The number of aryl methyl sites for hydroxylation is 1. The van der Waals surface area contributed by atoms with Gasteiger partial charge in [-0.25, -0.2) is 0 Å². The highest BCUT2D eigenvalue weighted by atomic mass is 32.2. The van der Waals surface area contributed by atoms with Gasteiger partial charge in [-0.05, 0) is 36.8 Å². The molecule has 20 heavy (non-hydrogen) atoms. The highest BCUT2D eigenvalue weighted by Gasteiger charge is 2.12. The van der Waals surface area contributed by atoms with E-state index in [0.29, 0.717) is 16.3 Å². The Kier molecular flexibility index (Phi) is 4.53. The summed E-state index contributed by atoms with van der Waals surface area (Å²) in [7, 11) is -1.35. The fourth-order valence-electron chi connectivity index (χ4n) is 1.82. The summed E-state index contributed by atoms with van der Waals surface area (Å²) in [5.41, 5.74) is 7.73. The number of nitrogens with two attached hydrogens (primary N) is 1. The summed E-state index contributed by atoms with van der Waals surface area (Å²) >= 11 is 0. The number of anilines is 2. The number of benzene rings is 2. The third kappa shape index (κ3) is 3.68. The van der Waals surface area contributed by atoms with E-state index in [0.717, 1.165) is 5.56 Å². The monoisotopic (exact) mass is 288 g/mol. The molecule has 3 N–H and O–H groups in total. The Balaban J connectivity index is 2.02. The third-order valence-electron chi connectivity index (χ3n) is 2.77. The smallest absolute Gasteiger partial charge is 0.237 e. The Morgan fingerprint density at radius 1 is 1.20 bits per heavy atom. The van der Waals surface area contributed by atoms with Gasteiger partial charge in [0.25, 0.3) is 0 Å². The van der Waals surface area contributed by atoms with Crippen molar-refractivity contribution in [3.63, 3.8) is 0 Å². The molecule has 0 spiro atoms. The lowest BCUT2D eigenvalue weighted by Gasteiger charge is -2.07. The van der Waals surface area contributed by atoms with Gasteiger partial charge >= 0.3 is 0 Å². The number of hydrogen-bond acceptors (Lipinski definition) is 3. The normalized spacial score (nSPS) is 11.8. The first-order valence-corrected chi connectivity index (χ1v) is 7.47. The van der Waals surface area contributed by atoms with Crippen LogP contribution in [0.4, 0.5) is 11.4 Å². The number of carbonyl (C=O) groups excluding carboxylic acids is 1. The third-order valence-corrected chi connectivity index (χ3v) is 4.24. The molecule has 2 rings (SSSR count). The predicted octanol–water partition coefficient (Wildman–Crippen LogP) is 2.32. The molecule has 2 aromatic rings. The van der Waals surface area contributed by atoms with Gasteiger partial charge in [-0.15, -0.1) is 0 Å². The van der Waals surface area contributed by atoms with Crippen molar-refractivity contribution in [2.45, 2.75) is 11.8 Å². The maximum Gasteiger partial charge on any atom is 0.237 e. The maximum atomic E-state index is 12.2. The van der Waals surface area contributed by atoms with Crippen molar-refractivity contribution in [1.82, 2.24) is 0 Å². The fraction of sp³-hybridized carbons (Fsp3) is 0.133. The SMILES string of the molecule is Cc1ccccc1S(=O)CC(=O)Nc1cccc(N)c1. The van der Waals surface area contributed by atoms with Crippen molar-refractivity contribution in [3.05, 3.63) is 54.1 Å². The van der Waals surface area contributed by atoms with E-state index in [1.807, 2.05) is 25.1 Å². The zero-order chi connectivity index (χ0) is 14.5. The lowest BCUT2D eigenvalue weighted by molar-refractivity contribution is -0.113. The Labute approximate surface area is 120 Å². The molecule has 1 unspecified atom stereocenters. The topological polar surface area (TPSA) is 72.2 Å². The van der Waals surface area contributed by atoms with E-state index < -0.39 is 10.8 Å². The molecule has 0 aromatic heterocycles. The number of nitrogen functional groups attached to an aromatic ring is 1. The minimum atomic E-state index is -1.35. The maximum absolute atomic E-state index is 12.2. The molecule has 1 amide bonds. The van der Waals surface area contributed by atoms with E-state index >= 15 is 0 Å². The van der Waals surface area contributed by atoms with Gasteiger partial charge < -0.3 is 11.1 Å². The van der Waals surface area contributed by atoms with Gasteiger partial charge in [-0.1, -0.05) is 24.3 Å². The van der Waals surface area contributed by atoms with Gasteiger partial charge in [-0.3, -0.25) is 9.00 Å². The second-order valence-corrected chi connectivity index (χ2v) is 5.85. The lowest BCUT2D eigenvalue weighted by Crippen LogP contribution is -2.19. The molecular weight excluding hydrogens is 272 g/mol. The summed E-state index contributed by atoms with van der Waals surface area (Å²) in [4.78, 5) is 12.6. The second-order valence-electron chi connectivity index (χ2n) is 4.43. The standard InChI is InChI=1S/C15H16N2O2S/c1-11-5-2-3-8-14(11)20(19)10-15(18)17-13-7-4-6-12(16)9-13/h2-9H,10,16H2,1H3,(H,17,18). The molecular formula is C15H16N2O2S. The number of rotatable bonds is 4. The van der Waals surface area contributed by atoms with Crippen LogP contribution in [0.2, 0.25) is 0 Å². The summed E-state index contributed by atoms with van der Waals surface area (Å²) < 4.78 is 12.2. The first kappa shape index (κ1) is 14.3. The van der Waals surface area contributed by atoms with Crippen LogP contribution in [0.15, 0.2) is 53.4 Å². The average molecular weight is 288 g/mol.